The SMILES string of the molecule is CC(=O)/C=C(/C)c1ccc(N)cc1CC1CCC1. The largest absolute Gasteiger partial charge is 0.399 e. The van der Waals surface area contributed by atoms with Crippen molar-refractivity contribution in [1.82, 2.24) is 0 Å². The van der Waals surface area contributed by atoms with E-state index in [0.717, 1.165) is 23.6 Å². The Balaban J connectivity index is 2.30. The number of hydrogen-bond acceptors (Lipinski definition) is 2. The third kappa shape index (κ3) is 3.00. The van der Waals surface area contributed by atoms with Crippen LogP contribution in [-0.4, -0.2) is 5.78 Å². The molecule has 18 heavy (non-hydrogen) atoms. The van der Waals surface area contributed by atoms with E-state index in [9.17, 15) is 4.79 Å². The van der Waals surface area contributed by atoms with Crippen LogP contribution in [0.2, 0.25) is 0 Å². The molecule has 2 nitrogen and oxygen atoms in total. The van der Waals surface area contributed by atoms with Crippen LogP contribution in [0.25, 0.3) is 5.57 Å². The van der Waals surface area contributed by atoms with Crippen molar-refractivity contribution in [3.63, 3.8) is 0 Å². The number of anilines is 1. The average molecular weight is 243 g/mol. The highest BCUT2D eigenvalue weighted by Gasteiger charge is 2.19. The minimum atomic E-state index is 0.0962. The lowest BCUT2D eigenvalue weighted by Crippen LogP contribution is -2.14. The first-order chi connectivity index (χ1) is 8.56. The second-order valence-electron chi connectivity index (χ2n) is 5.36. The van der Waals surface area contributed by atoms with Gasteiger partial charge >= 0.3 is 0 Å². The summed E-state index contributed by atoms with van der Waals surface area (Å²) in [5, 5.41) is 0. The van der Waals surface area contributed by atoms with Crippen molar-refractivity contribution < 1.29 is 4.79 Å². The van der Waals surface area contributed by atoms with Crippen LogP contribution in [0.5, 0.6) is 0 Å². The Hall–Kier alpha value is -1.57. The summed E-state index contributed by atoms with van der Waals surface area (Å²) in [7, 11) is 0. The van der Waals surface area contributed by atoms with Crippen LogP contribution in [0.3, 0.4) is 0 Å². The van der Waals surface area contributed by atoms with Crippen LogP contribution in [0.15, 0.2) is 24.3 Å². The molecule has 0 spiro atoms. The van der Waals surface area contributed by atoms with Crippen molar-refractivity contribution in [2.24, 2.45) is 5.92 Å². The Morgan fingerprint density at radius 1 is 1.39 bits per heavy atom. The topological polar surface area (TPSA) is 43.1 Å². The highest BCUT2D eigenvalue weighted by Crippen LogP contribution is 2.32. The Labute approximate surface area is 109 Å². The molecule has 0 unspecified atom stereocenters. The lowest BCUT2D eigenvalue weighted by Gasteiger charge is -2.26. The number of benzene rings is 1. The molecule has 2 rings (SSSR count). The summed E-state index contributed by atoms with van der Waals surface area (Å²) in [6.45, 7) is 3.59. The quantitative estimate of drug-likeness (QED) is 0.648. The first-order valence-corrected chi connectivity index (χ1v) is 6.64. The average Bonchev–Trinajstić information content (AvgIpc) is 2.22. The van der Waals surface area contributed by atoms with Gasteiger partial charge in [0.2, 0.25) is 0 Å². The first-order valence-electron chi connectivity index (χ1n) is 6.64. The summed E-state index contributed by atoms with van der Waals surface area (Å²) in [5.74, 6) is 0.898. The van der Waals surface area contributed by atoms with Gasteiger partial charge in [0.05, 0.1) is 0 Å². The van der Waals surface area contributed by atoms with E-state index in [2.05, 4.69) is 6.07 Å². The summed E-state index contributed by atoms with van der Waals surface area (Å²) >= 11 is 0. The summed E-state index contributed by atoms with van der Waals surface area (Å²) in [6.07, 6.45) is 6.79. The number of ketones is 1. The molecule has 0 radical (unpaired) electrons. The van der Waals surface area contributed by atoms with Crippen LogP contribution in [0.4, 0.5) is 5.69 Å². The molecule has 0 bridgehead atoms. The van der Waals surface area contributed by atoms with Crippen molar-refractivity contribution >= 4 is 17.0 Å². The minimum absolute atomic E-state index is 0.0962. The predicted octanol–water partition coefficient (Wildman–Crippen LogP) is 3.60. The maximum absolute atomic E-state index is 11.2. The standard InChI is InChI=1S/C16H21NO/c1-11(8-12(2)18)16-7-6-15(17)10-14(16)9-13-4-3-5-13/h6-8,10,13H,3-5,9,17H2,1-2H3/b11-8-. The van der Waals surface area contributed by atoms with Crippen molar-refractivity contribution in [3.8, 4) is 0 Å². The van der Waals surface area contributed by atoms with Gasteiger partial charge in [-0.15, -0.1) is 0 Å². The van der Waals surface area contributed by atoms with Crippen LogP contribution in [0.1, 0.15) is 44.2 Å². The number of carbonyl (C=O) groups is 1. The number of carbonyl (C=O) groups excluding carboxylic acids is 1. The van der Waals surface area contributed by atoms with Gasteiger partial charge in [-0.3, -0.25) is 4.79 Å². The third-order valence-electron chi connectivity index (χ3n) is 3.71. The van der Waals surface area contributed by atoms with Gasteiger partial charge in [-0.2, -0.15) is 0 Å². The van der Waals surface area contributed by atoms with Crippen LogP contribution in [0, 0.1) is 5.92 Å². The fourth-order valence-electron chi connectivity index (χ4n) is 2.56. The van der Waals surface area contributed by atoms with E-state index < -0.39 is 0 Å². The third-order valence-corrected chi connectivity index (χ3v) is 3.71. The van der Waals surface area contributed by atoms with Gasteiger partial charge in [-0.05, 0) is 61.1 Å². The zero-order valence-corrected chi connectivity index (χ0v) is 11.2. The number of allylic oxidation sites excluding steroid dienone is 2. The predicted molar refractivity (Wildman–Crippen MR) is 76.2 cm³/mol. The molecule has 0 saturated heterocycles. The van der Waals surface area contributed by atoms with Gasteiger partial charge < -0.3 is 5.73 Å². The van der Waals surface area contributed by atoms with Gasteiger partial charge in [0.25, 0.3) is 0 Å². The van der Waals surface area contributed by atoms with E-state index in [4.69, 9.17) is 5.73 Å². The van der Waals surface area contributed by atoms with Gasteiger partial charge in [0, 0.05) is 5.69 Å². The molecule has 1 aromatic rings. The van der Waals surface area contributed by atoms with Crippen molar-refractivity contribution in [3.05, 3.63) is 35.4 Å². The maximum Gasteiger partial charge on any atom is 0.152 e. The van der Waals surface area contributed by atoms with E-state index in [-0.39, 0.29) is 5.78 Å². The Morgan fingerprint density at radius 2 is 2.11 bits per heavy atom. The molecule has 1 saturated carbocycles. The van der Waals surface area contributed by atoms with Crippen molar-refractivity contribution in [1.29, 1.82) is 0 Å². The molecule has 0 aliphatic heterocycles. The molecule has 96 valence electrons. The lowest BCUT2D eigenvalue weighted by atomic mass is 9.79. The molecule has 2 N–H and O–H groups in total. The van der Waals surface area contributed by atoms with Crippen LogP contribution in [-0.2, 0) is 11.2 Å². The molecule has 0 amide bonds. The maximum atomic E-state index is 11.2. The molecule has 1 fully saturated rings. The van der Waals surface area contributed by atoms with Gasteiger partial charge in [0.15, 0.2) is 5.78 Å². The molecule has 0 heterocycles. The van der Waals surface area contributed by atoms with Crippen LogP contribution >= 0.6 is 0 Å². The fourth-order valence-corrected chi connectivity index (χ4v) is 2.56. The molecule has 1 aliphatic rings. The molecule has 1 aromatic carbocycles. The molecule has 2 heteroatoms. The Bertz CT molecular complexity index is 484. The highest BCUT2D eigenvalue weighted by atomic mass is 16.1. The van der Waals surface area contributed by atoms with Gasteiger partial charge in [-0.1, -0.05) is 25.3 Å². The number of rotatable bonds is 4. The second-order valence-corrected chi connectivity index (χ2v) is 5.36. The zero-order chi connectivity index (χ0) is 13.1. The van der Waals surface area contributed by atoms with E-state index in [1.165, 1.54) is 30.4 Å². The first kappa shape index (κ1) is 12.9. The fraction of sp³-hybridized carbons (Fsp3) is 0.438. The van der Waals surface area contributed by atoms with E-state index >= 15 is 0 Å². The summed E-state index contributed by atoms with van der Waals surface area (Å²) in [4.78, 5) is 11.2. The number of hydrogen-bond donors (Lipinski definition) is 1. The second kappa shape index (κ2) is 5.38. The molecular formula is C16H21NO. The van der Waals surface area contributed by atoms with Crippen molar-refractivity contribution in [2.75, 3.05) is 5.73 Å². The Kier molecular flexibility index (Phi) is 3.85. The van der Waals surface area contributed by atoms with Gasteiger partial charge in [0.1, 0.15) is 0 Å². The normalized spacial score (nSPS) is 16.4. The summed E-state index contributed by atoms with van der Waals surface area (Å²) in [5.41, 5.74) is 10.2. The van der Waals surface area contributed by atoms with Gasteiger partial charge in [-0.25, -0.2) is 0 Å². The smallest absolute Gasteiger partial charge is 0.152 e. The molecule has 1 aliphatic carbocycles. The van der Waals surface area contributed by atoms with E-state index in [1.807, 2.05) is 19.1 Å². The number of nitrogens with two attached hydrogens (primary N) is 1. The molecule has 0 aromatic heterocycles. The lowest BCUT2D eigenvalue weighted by molar-refractivity contribution is -0.112. The van der Waals surface area contributed by atoms with Crippen LogP contribution < -0.4 is 5.73 Å². The van der Waals surface area contributed by atoms with Crippen molar-refractivity contribution in [2.45, 2.75) is 39.5 Å². The molecule has 0 atom stereocenters. The Morgan fingerprint density at radius 3 is 2.67 bits per heavy atom. The molecular weight excluding hydrogens is 222 g/mol. The van der Waals surface area contributed by atoms with E-state index in [0.29, 0.717) is 0 Å². The summed E-state index contributed by atoms with van der Waals surface area (Å²) < 4.78 is 0. The summed E-state index contributed by atoms with van der Waals surface area (Å²) in [6, 6.07) is 6.01. The zero-order valence-electron chi connectivity index (χ0n) is 11.2. The highest BCUT2D eigenvalue weighted by molar-refractivity contribution is 5.95. The minimum Gasteiger partial charge on any atom is -0.399 e. The number of nitrogen functional groups attached to an aromatic ring is 1. The van der Waals surface area contributed by atoms with E-state index in [1.54, 1.807) is 13.0 Å². The monoisotopic (exact) mass is 243 g/mol.